The molecule has 0 atom stereocenters. The van der Waals surface area contributed by atoms with Crippen LogP contribution < -0.4 is 10.6 Å². The molecular weight excluding hydrogens is 486 g/mol. The number of nitrogens with zero attached hydrogens (tertiary/aromatic N) is 1. The summed E-state index contributed by atoms with van der Waals surface area (Å²) < 4.78 is 23.2. The van der Waals surface area contributed by atoms with E-state index in [9.17, 15) is 18.0 Å². The van der Waals surface area contributed by atoms with Crippen LogP contribution in [0.2, 0.25) is 0 Å². The minimum absolute atomic E-state index is 0.127. The van der Waals surface area contributed by atoms with Gasteiger partial charge in [0.15, 0.2) is 9.84 Å². The molecule has 188 valence electrons. The van der Waals surface area contributed by atoms with Gasteiger partial charge in [-0.3, -0.25) is 14.6 Å². The Kier molecular flexibility index (Phi) is 6.52. The predicted molar refractivity (Wildman–Crippen MR) is 143 cm³/mol. The number of para-hydroxylation sites is 1. The normalized spacial score (nSPS) is 14.5. The van der Waals surface area contributed by atoms with Crippen LogP contribution in [0.3, 0.4) is 0 Å². The number of fused-ring (bicyclic) bond motifs is 1. The highest BCUT2D eigenvalue weighted by Crippen LogP contribution is 2.42. The van der Waals surface area contributed by atoms with E-state index in [1.54, 1.807) is 24.4 Å². The molecule has 1 aromatic heterocycles. The summed E-state index contributed by atoms with van der Waals surface area (Å²) in [5.41, 5.74) is 3.32. The van der Waals surface area contributed by atoms with Crippen LogP contribution in [0, 0.1) is 0 Å². The van der Waals surface area contributed by atoms with E-state index >= 15 is 0 Å². The van der Waals surface area contributed by atoms with Crippen LogP contribution in [-0.4, -0.2) is 31.5 Å². The highest BCUT2D eigenvalue weighted by molar-refractivity contribution is 7.90. The van der Waals surface area contributed by atoms with Gasteiger partial charge in [-0.15, -0.1) is 0 Å². The van der Waals surface area contributed by atoms with Gasteiger partial charge in [-0.2, -0.15) is 0 Å². The molecule has 5 rings (SSSR count). The monoisotopic (exact) mass is 513 g/mol. The zero-order chi connectivity index (χ0) is 26.0. The van der Waals surface area contributed by atoms with E-state index in [1.807, 2.05) is 48.5 Å². The Morgan fingerprint density at radius 3 is 2.27 bits per heavy atom. The van der Waals surface area contributed by atoms with Crippen LogP contribution in [-0.2, 0) is 26.6 Å². The third kappa shape index (κ3) is 5.24. The molecule has 37 heavy (non-hydrogen) atoms. The second-order valence-corrected chi connectivity index (χ2v) is 11.5. The van der Waals surface area contributed by atoms with Crippen LogP contribution in [0.25, 0.3) is 10.9 Å². The van der Waals surface area contributed by atoms with Gasteiger partial charge < -0.3 is 10.6 Å². The standard InChI is InChI=1S/C29H27N3O4S/c1-37(35,36)23-13-7-20(8-14-23)19-27(33)31-22-11-9-21(10-12-22)29(16-4-17-29)32-28(34)25-15-18-30-26-6-3-2-5-24(25)26/h2-3,5-15,18H,4,16-17,19H2,1H3,(H,31,33)(H,32,34). The maximum atomic E-state index is 13.3. The molecule has 0 aliphatic heterocycles. The quantitative estimate of drug-likeness (QED) is 0.375. The molecule has 0 saturated heterocycles. The van der Waals surface area contributed by atoms with E-state index < -0.39 is 15.4 Å². The van der Waals surface area contributed by atoms with Crippen molar-refractivity contribution in [2.45, 2.75) is 36.1 Å². The van der Waals surface area contributed by atoms with Crippen molar-refractivity contribution in [2.24, 2.45) is 0 Å². The van der Waals surface area contributed by atoms with Gasteiger partial charge in [-0.1, -0.05) is 42.5 Å². The number of benzene rings is 3. The van der Waals surface area contributed by atoms with E-state index in [1.165, 1.54) is 12.1 Å². The molecule has 1 heterocycles. The third-order valence-corrected chi connectivity index (χ3v) is 8.02. The lowest BCUT2D eigenvalue weighted by Crippen LogP contribution is -2.50. The molecule has 1 saturated carbocycles. The lowest BCUT2D eigenvalue weighted by Gasteiger charge is -2.43. The van der Waals surface area contributed by atoms with Gasteiger partial charge >= 0.3 is 0 Å². The van der Waals surface area contributed by atoms with Crippen LogP contribution >= 0.6 is 0 Å². The number of pyridine rings is 1. The lowest BCUT2D eigenvalue weighted by atomic mass is 9.71. The summed E-state index contributed by atoms with van der Waals surface area (Å²) in [7, 11) is -3.27. The van der Waals surface area contributed by atoms with Crippen molar-refractivity contribution in [2.75, 3.05) is 11.6 Å². The SMILES string of the molecule is CS(=O)(=O)c1ccc(CC(=O)Nc2ccc(C3(NC(=O)c4ccnc5ccccc45)CCC3)cc2)cc1. The molecule has 2 amide bonds. The topological polar surface area (TPSA) is 105 Å². The average molecular weight is 514 g/mol. The number of nitrogens with one attached hydrogen (secondary N) is 2. The Morgan fingerprint density at radius 2 is 1.62 bits per heavy atom. The Labute approximate surface area is 215 Å². The number of aromatic nitrogens is 1. The molecule has 1 aliphatic rings. The molecule has 0 radical (unpaired) electrons. The minimum atomic E-state index is -3.27. The maximum absolute atomic E-state index is 13.3. The van der Waals surface area contributed by atoms with Gasteiger partial charge in [0.2, 0.25) is 5.91 Å². The summed E-state index contributed by atoms with van der Waals surface area (Å²) in [5.74, 6) is -0.325. The van der Waals surface area contributed by atoms with Gasteiger partial charge in [0.05, 0.1) is 27.9 Å². The van der Waals surface area contributed by atoms with E-state index in [2.05, 4.69) is 15.6 Å². The van der Waals surface area contributed by atoms with Crippen molar-refractivity contribution in [3.05, 3.63) is 102 Å². The first kappa shape index (κ1) is 24.6. The molecule has 3 aromatic carbocycles. The fourth-order valence-corrected chi connectivity index (χ4v) is 5.34. The number of anilines is 1. The van der Waals surface area contributed by atoms with Gasteiger partial charge in [-0.25, -0.2) is 8.42 Å². The summed E-state index contributed by atoms with van der Waals surface area (Å²) in [4.78, 5) is 30.4. The summed E-state index contributed by atoms with van der Waals surface area (Å²) in [5, 5.41) is 6.97. The van der Waals surface area contributed by atoms with Crippen molar-refractivity contribution in [3.8, 4) is 0 Å². The second-order valence-electron chi connectivity index (χ2n) is 9.48. The van der Waals surface area contributed by atoms with Crippen molar-refractivity contribution >= 4 is 38.2 Å². The molecule has 0 spiro atoms. The lowest BCUT2D eigenvalue weighted by molar-refractivity contribution is -0.115. The fourth-order valence-electron chi connectivity index (χ4n) is 4.71. The number of hydrogen-bond acceptors (Lipinski definition) is 5. The first-order chi connectivity index (χ1) is 17.7. The van der Waals surface area contributed by atoms with E-state index in [4.69, 9.17) is 0 Å². The Bertz CT molecular complexity index is 1570. The highest BCUT2D eigenvalue weighted by atomic mass is 32.2. The molecule has 1 fully saturated rings. The summed E-state index contributed by atoms with van der Waals surface area (Å²) in [6, 6.07) is 23.2. The Balaban J connectivity index is 1.26. The van der Waals surface area contributed by atoms with Crippen LogP contribution in [0.5, 0.6) is 0 Å². The van der Waals surface area contributed by atoms with Gasteiger partial charge in [0.1, 0.15) is 0 Å². The molecule has 1 aliphatic carbocycles. The Morgan fingerprint density at radius 1 is 0.919 bits per heavy atom. The van der Waals surface area contributed by atoms with Gasteiger partial charge in [0, 0.05) is 23.5 Å². The van der Waals surface area contributed by atoms with Crippen LogP contribution in [0.15, 0.2) is 90.0 Å². The largest absolute Gasteiger partial charge is 0.343 e. The summed E-state index contributed by atoms with van der Waals surface area (Å²) >= 11 is 0. The zero-order valence-electron chi connectivity index (χ0n) is 20.4. The molecule has 7 nitrogen and oxygen atoms in total. The van der Waals surface area contributed by atoms with Gasteiger partial charge in [0.25, 0.3) is 5.91 Å². The number of rotatable bonds is 7. The van der Waals surface area contributed by atoms with Crippen molar-refractivity contribution in [3.63, 3.8) is 0 Å². The molecule has 0 bridgehead atoms. The van der Waals surface area contributed by atoms with Crippen LogP contribution in [0.4, 0.5) is 5.69 Å². The average Bonchev–Trinajstić information content (AvgIpc) is 2.86. The number of hydrogen-bond donors (Lipinski definition) is 2. The number of sulfone groups is 1. The smallest absolute Gasteiger partial charge is 0.252 e. The molecule has 4 aromatic rings. The second kappa shape index (κ2) is 9.78. The number of amides is 2. The van der Waals surface area contributed by atoms with Gasteiger partial charge in [-0.05, 0) is 66.8 Å². The highest BCUT2D eigenvalue weighted by Gasteiger charge is 2.40. The van der Waals surface area contributed by atoms with Crippen molar-refractivity contribution in [1.82, 2.24) is 10.3 Å². The van der Waals surface area contributed by atoms with E-state index in [-0.39, 0.29) is 23.1 Å². The molecular formula is C29H27N3O4S. The van der Waals surface area contributed by atoms with E-state index in [0.29, 0.717) is 11.3 Å². The minimum Gasteiger partial charge on any atom is -0.343 e. The van der Waals surface area contributed by atoms with E-state index in [0.717, 1.165) is 47.5 Å². The first-order valence-electron chi connectivity index (χ1n) is 12.1. The number of carbonyl (C=O) groups excluding carboxylic acids is 2. The molecule has 8 heteroatoms. The molecule has 0 unspecified atom stereocenters. The predicted octanol–water partition coefficient (Wildman–Crippen LogP) is 4.63. The third-order valence-electron chi connectivity index (χ3n) is 6.89. The zero-order valence-corrected chi connectivity index (χ0v) is 21.2. The molecule has 2 N–H and O–H groups in total. The van der Waals surface area contributed by atoms with Crippen LogP contribution in [0.1, 0.15) is 40.7 Å². The van der Waals surface area contributed by atoms with Crippen molar-refractivity contribution < 1.29 is 18.0 Å². The summed E-state index contributed by atoms with van der Waals surface area (Å²) in [6.45, 7) is 0. The Hall–Kier alpha value is -4.04. The maximum Gasteiger partial charge on any atom is 0.252 e. The fraction of sp³-hybridized carbons (Fsp3) is 0.207. The summed E-state index contributed by atoms with van der Waals surface area (Å²) in [6.07, 6.45) is 5.65. The number of carbonyl (C=O) groups is 2. The first-order valence-corrected chi connectivity index (χ1v) is 14.0. The van der Waals surface area contributed by atoms with Crippen molar-refractivity contribution in [1.29, 1.82) is 0 Å².